The molecule has 1 amide bonds. The molecule has 0 saturated carbocycles. The second kappa shape index (κ2) is 6.87. The quantitative estimate of drug-likeness (QED) is 0.809. The van der Waals surface area contributed by atoms with Crippen LogP contribution in [0.25, 0.3) is 0 Å². The van der Waals surface area contributed by atoms with Crippen molar-refractivity contribution in [2.24, 2.45) is 5.92 Å². The number of carbonyl (C=O) groups excluding carboxylic acids is 1. The summed E-state index contributed by atoms with van der Waals surface area (Å²) in [7, 11) is 0. The van der Waals surface area contributed by atoms with E-state index in [1.54, 1.807) is 0 Å². The third kappa shape index (κ3) is 3.51. The van der Waals surface area contributed by atoms with E-state index < -0.39 is 0 Å². The average Bonchev–Trinajstić information content (AvgIpc) is 3.03. The third-order valence-electron chi connectivity index (χ3n) is 4.90. The molecule has 0 bridgehead atoms. The van der Waals surface area contributed by atoms with Crippen LogP contribution in [0.5, 0.6) is 0 Å². The maximum atomic E-state index is 12.3. The highest BCUT2D eigenvalue weighted by atomic mass is 16.5. The van der Waals surface area contributed by atoms with E-state index in [1.165, 1.54) is 19.4 Å². The molecule has 20 heavy (non-hydrogen) atoms. The molecule has 0 aromatic carbocycles. The third-order valence-corrected chi connectivity index (χ3v) is 4.90. The first-order valence-corrected chi connectivity index (χ1v) is 8.15. The number of amides is 1. The van der Waals surface area contributed by atoms with Crippen molar-refractivity contribution in [3.63, 3.8) is 0 Å². The minimum absolute atomic E-state index is 0.0945. The van der Waals surface area contributed by atoms with Crippen LogP contribution in [0.15, 0.2) is 0 Å². The summed E-state index contributed by atoms with van der Waals surface area (Å²) in [6, 6.07) is 0.0945. The molecule has 3 saturated heterocycles. The van der Waals surface area contributed by atoms with Crippen molar-refractivity contribution in [1.82, 2.24) is 15.1 Å². The van der Waals surface area contributed by atoms with E-state index in [0.29, 0.717) is 5.91 Å². The van der Waals surface area contributed by atoms with Gasteiger partial charge in [0.05, 0.1) is 6.04 Å². The lowest BCUT2D eigenvalue weighted by molar-refractivity contribution is -0.134. The summed E-state index contributed by atoms with van der Waals surface area (Å²) in [6.07, 6.45) is 4.55. The van der Waals surface area contributed by atoms with Crippen molar-refractivity contribution in [2.75, 3.05) is 52.5 Å². The van der Waals surface area contributed by atoms with E-state index in [1.807, 2.05) is 0 Å². The zero-order valence-electron chi connectivity index (χ0n) is 12.4. The molecule has 114 valence electrons. The van der Waals surface area contributed by atoms with Crippen molar-refractivity contribution in [3.05, 3.63) is 0 Å². The van der Waals surface area contributed by atoms with Gasteiger partial charge in [0.2, 0.25) is 5.91 Å². The highest BCUT2D eigenvalue weighted by Crippen LogP contribution is 2.17. The maximum absolute atomic E-state index is 12.3. The van der Waals surface area contributed by atoms with Crippen LogP contribution < -0.4 is 5.32 Å². The highest BCUT2D eigenvalue weighted by Gasteiger charge is 2.29. The number of piperazine rings is 1. The number of rotatable bonds is 3. The monoisotopic (exact) mass is 281 g/mol. The Morgan fingerprint density at radius 1 is 1.10 bits per heavy atom. The molecule has 0 aromatic rings. The number of hydrogen-bond acceptors (Lipinski definition) is 4. The number of hydrogen-bond donors (Lipinski definition) is 1. The Bertz CT molecular complexity index is 317. The Morgan fingerprint density at radius 3 is 2.50 bits per heavy atom. The van der Waals surface area contributed by atoms with Crippen LogP contribution in [0.2, 0.25) is 0 Å². The van der Waals surface area contributed by atoms with Gasteiger partial charge >= 0.3 is 0 Å². The van der Waals surface area contributed by atoms with E-state index in [9.17, 15) is 4.79 Å². The molecule has 0 spiro atoms. The van der Waals surface area contributed by atoms with Crippen molar-refractivity contribution < 1.29 is 9.53 Å². The molecule has 0 aliphatic carbocycles. The van der Waals surface area contributed by atoms with Crippen molar-refractivity contribution >= 4 is 5.91 Å². The molecule has 3 aliphatic rings. The Morgan fingerprint density at radius 2 is 1.85 bits per heavy atom. The predicted octanol–water partition coefficient (Wildman–Crippen LogP) is 0.309. The molecular weight excluding hydrogens is 254 g/mol. The van der Waals surface area contributed by atoms with Crippen LogP contribution in [-0.2, 0) is 9.53 Å². The van der Waals surface area contributed by atoms with Crippen LogP contribution in [0.4, 0.5) is 0 Å². The number of ether oxygens (including phenoxy) is 1. The standard InChI is InChI=1S/C15H27N3O2/c19-15(14-2-1-5-16-14)18-8-6-17(7-9-18)12-13-3-10-20-11-4-13/h13-14,16H,1-12H2. The predicted molar refractivity (Wildman–Crippen MR) is 77.6 cm³/mol. The van der Waals surface area contributed by atoms with Crippen LogP contribution in [-0.4, -0.2) is 74.2 Å². The van der Waals surface area contributed by atoms with E-state index >= 15 is 0 Å². The molecule has 0 radical (unpaired) electrons. The summed E-state index contributed by atoms with van der Waals surface area (Å²) in [6.45, 7) is 7.92. The second-order valence-electron chi connectivity index (χ2n) is 6.33. The molecule has 0 aromatic heterocycles. The van der Waals surface area contributed by atoms with Gasteiger partial charge in [-0.1, -0.05) is 0 Å². The zero-order chi connectivity index (χ0) is 13.8. The Hall–Kier alpha value is -0.650. The number of nitrogens with zero attached hydrogens (tertiary/aromatic N) is 2. The Balaban J connectivity index is 1.40. The van der Waals surface area contributed by atoms with Crippen LogP contribution >= 0.6 is 0 Å². The number of carbonyl (C=O) groups is 1. The first-order chi connectivity index (χ1) is 9.83. The highest BCUT2D eigenvalue weighted by molar-refractivity contribution is 5.82. The van der Waals surface area contributed by atoms with Gasteiger partial charge in [-0.3, -0.25) is 9.69 Å². The summed E-state index contributed by atoms with van der Waals surface area (Å²) in [5.41, 5.74) is 0. The minimum Gasteiger partial charge on any atom is -0.381 e. The van der Waals surface area contributed by atoms with Crippen molar-refractivity contribution in [2.45, 2.75) is 31.7 Å². The largest absolute Gasteiger partial charge is 0.381 e. The molecule has 3 aliphatic heterocycles. The SMILES string of the molecule is O=C(C1CCCN1)N1CCN(CC2CCOCC2)CC1. The molecule has 1 unspecified atom stereocenters. The van der Waals surface area contributed by atoms with Gasteiger partial charge in [-0.15, -0.1) is 0 Å². The van der Waals surface area contributed by atoms with Crippen LogP contribution in [0.1, 0.15) is 25.7 Å². The summed E-state index contributed by atoms with van der Waals surface area (Å²) >= 11 is 0. The van der Waals surface area contributed by atoms with E-state index in [2.05, 4.69) is 15.1 Å². The van der Waals surface area contributed by atoms with E-state index in [0.717, 1.165) is 64.7 Å². The molecule has 3 heterocycles. The lowest BCUT2D eigenvalue weighted by Gasteiger charge is -2.38. The summed E-state index contributed by atoms with van der Waals surface area (Å²) in [5.74, 6) is 1.12. The smallest absolute Gasteiger partial charge is 0.239 e. The first-order valence-electron chi connectivity index (χ1n) is 8.15. The van der Waals surface area contributed by atoms with Crippen molar-refractivity contribution in [3.8, 4) is 0 Å². The van der Waals surface area contributed by atoms with Gasteiger partial charge in [-0.05, 0) is 38.1 Å². The maximum Gasteiger partial charge on any atom is 0.239 e. The van der Waals surface area contributed by atoms with Gasteiger partial charge in [0.1, 0.15) is 0 Å². The fourth-order valence-electron chi connectivity index (χ4n) is 3.56. The van der Waals surface area contributed by atoms with Gasteiger partial charge in [0.15, 0.2) is 0 Å². The second-order valence-corrected chi connectivity index (χ2v) is 6.33. The minimum atomic E-state index is 0.0945. The molecule has 5 nitrogen and oxygen atoms in total. The van der Waals surface area contributed by atoms with E-state index in [4.69, 9.17) is 4.74 Å². The molecule has 3 fully saturated rings. The molecule has 5 heteroatoms. The van der Waals surface area contributed by atoms with Gasteiger partial charge < -0.3 is 15.0 Å². The summed E-state index contributed by atoms with van der Waals surface area (Å²) in [4.78, 5) is 16.9. The molecule has 3 rings (SSSR count). The van der Waals surface area contributed by atoms with Crippen LogP contribution in [0, 0.1) is 5.92 Å². The normalized spacial score (nSPS) is 29.8. The first kappa shape index (κ1) is 14.3. The van der Waals surface area contributed by atoms with Crippen LogP contribution in [0.3, 0.4) is 0 Å². The topological polar surface area (TPSA) is 44.8 Å². The Labute approximate surface area is 121 Å². The molecular formula is C15H27N3O2. The molecule has 1 atom stereocenters. The van der Waals surface area contributed by atoms with Crippen molar-refractivity contribution in [1.29, 1.82) is 0 Å². The van der Waals surface area contributed by atoms with E-state index in [-0.39, 0.29) is 6.04 Å². The summed E-state index contributed by atoms with van der Waals surface area (Å²) < 4.78 is 5.42. The van der Waals surface area contributed by atoms with Gasteiger partial charge in [0, 0.05) is 45.9 Å². The zero-order valence-corrected chi connectivity index (χ0v) is 12.4. The van der Waals surface area contributed by atoms with Gasteiger partial charge in [-0.2, -0.15) is 0 Å². The fourth-order valence-corrected chi connectivity index (χ4v) is 3.56. The Kier molecular flexibility index (Phi) is 4.91. The number of nitrogens with one attached hydrogen (secondary N) is 1. The lowest BCUT2D eigenvalue weighted by atomic mass is 9.99. The lowest BCUT2D eigenvalue weighted by Crippen LogP contribution is -2.53. The van der Waals surface area contributed by atoms with Gasteiger partial charge in [-0.25, -0.2) is 0 Å². The summed E-state index contributed by atoms with van der Waals surface area (Å²) in [5, 5.41) is 3.31. The fraction of sp³-hybridized carbons (Fsp3) is 0.933. The molecule has 1 N–H and O–H groups in total. The van der Waals surface area contributed by atoms with Gasteiger partial charge in [0.25, 0.3) is 0 Å². The average molecular weight is 281 g/mol.